The molecule has 1 aromatic carbocycles. The molecule has 1 atom stereocenters. The van der Waals surface area contributed by atoms with Gasteiger partial charge in [0.15, 0.2) is 0 Å². The fourth-order valence-corrected chi connectivity index (χ4v) is 1.96. The maximum absolute atomic E-state index is 5.34. The molecule has 1 heterocycles. The van der Waals surface area contributed by atoms with E-state index in [4.69, 9.17) is 4.74 Å². The first kappa shape index (κ1) is 10.7. The summed E-state index contributed by atoms with van der Waals surface area (Å²) in [6.45, 7) is 6.09. The summed E-state index contributed by atoms with van der Waals surface area (Å²) >= 11 is 0. The molecule has 0 aliphatic carbocycles. The maximum atomic E-state index is 5.34. The van der Waals surface area contributed by atoms with Gasteiger partial charge < -0.3 is 10.1 Å². The zero-order valence-corrected chi connectivity index (χ0v) is 9.33. The molecular weight excluding hydrogens is 186 g/mol. The third-order valence-corrected chi connectivity index (χ3v) is 3.03. The van der Waals surface area contributed by atoms with Crippen LogP contribution in [-0.2, 0) is 11.3 Å². The van der Waals surface area contributed by atoms with Crippen molar-refractivity contribution in [1.82, 2.24) is 5.32 Å². The number of benzene rings is 1. The highest BCUT2D eigenvalue weighted by atomic mass is 16.5. The Labute approximate surface area is 91.6 Å². The van der Waals surface area contributed by atoms with Gasteiger partial charge in [-0.2, -0.15) is 0 Å². The van der Waals surface area contributed by atoms with Crippen LogP contribution < -0.4 is 5.32 Å². The molecule has 15 heavy (non-hydrogen) atoms. The fourth-order valence-electron chi connectivity index (χ4n) is 1.96. The maximum Gasteiger partial charge on any atom is 0.0507 e. The summed E-state index contributed by atoms with van der Waals surface area (Å²) in [7, 11) is 0. The van der Waals surface area contributed by atoms with Gasteiger partial charge in [0.1, 0.15) is 0 Å². The van der Waals surface area contributed by atoms with Crippen LogP contribution in [0, 0.1) is 12.8 Å². The number of ether oxygens (including phenoxy) is 1. The van der Waals surface area contributed by atoms with Crippen molar-refractivity contribution in [3.05, 3.63) is 35.4 Å². The first-order valence-corrected chi connectivity index (χ1v) is 5.69. The van der Waals surface area contributed by atoms with Gasteiger partial charge in [0, 0.05) is 19.7 Å². The lowest BCUT2D eigenvalue weighted by Crippen LogP contribution is -2.22. The molecule has 0 bridgehead atoms. The molecule has 1 fully saturated rings. The first-order valence-electron chi connectivity index (χ1n) is 5.69. The van der Waals surface area contributed by atoms with Crippen molar-refractivity contribution in [3.8, 4) is 0 Å². The Bertz CT molecular complexity index is 305. The molecular formula is C13H19NO. The van der Waals surface area contributed by atoms with E-state index in [1.165, 1.54) is 17.5 Å². The quantitative estimate of drug-likeness (QED) is 0.813. The Hall–Kier alpha value is -0.860. The minimum atomic E-state index is 0.717. The topological polar surface area (TPSA) is 21.3 Å². The van der Waals surface area contributed by atoms with Crippen LogP contribution in [0.5, 0.6) is 0 Å². The molecule has 0 saturated carbocycles. The summed E-state index contributed by atoms with van der Waals surface area (Å²) < 4.78 is 5.34. The van der Waals surface area contributed by atoms with E-state index in [0.717, 1.165) is 26.3 Å². The molecule has 1 unspecified atom stereocenters. The van der Waals surface area contributed by atoms with Gasteiger partial charge in [-0.1, -0.05) is 24.3 Å². The molecule has 1 aromatic rings. The van der Waals surface area contributed by atoms with Crippen molar-refractivity contribution in [3.63, 3.8) is 0 Å². The lowest BCUT2D eigenvalue weighted by molar-refractivity contribution is 0.185. The average Bonchev–Trinajstić information content (AvgIpc) is 2.74. The number of hydrogen-bond donors (Lipinski definition) is 1. The van der Waals surface area contributed by atoms with E-state index in [9.17, 15) is 0 Å². The summed E-state index contributed by atoms with van der Waals surface area (Å²) in [6.07, 6.45) is 1.21. The second-order valence-electron chi connectivity index (χ2n) is 4.29. The molecule has 1 aliphatic rings. The standard InChI is InChI=1S/C13H19NO/c1-11-4-2-3-5-13(11)9-14-8-12-6-7-15-10-12/h2-5,12,14H,6-10H2,1H3. The highest BCUT2D eigenvalue weighted by Gasteiger charge is 2.14. The highest BCUT2D eigenvalue weighted by Crippen LogP contribution is 2.11. The second-order valence-corrected chi connectivity index (χ2v) is 4.29. The molecule has 0 radical (unpaired) electrons. The molecule has 0 amide bonds. The molecule has 2 heteroatoms. The zero-order chi connectivity index (χ0) is 10.5. The molecule has 0 aromatic heterocycles. The van der Waals surface area contributed by atoms with E-state index < -0.39 is 0 Å². The van der Waals surface area contributed by atoms with Crippen LogP contribution in [0.4, 0.5) is 0 Å². The van der Waals surface area contributed by atoms with Gasteiger partial charge >= 0.3 is 0 Å². The van der Waals surface area contributed by atoms with Gasteiger partial charge in [0.05, 0.1) is 6.61 Å². The zero-order valence-electron chi connectivity index (χ0n) is 9.33. The van der Waals surface area contributed by atoms with Crippen LogP contribution in [-0.4, -0.2) is 19.8 Å². The number of rotatable bonds is 4. The summed E-state index contributed by atoms with van der Waals surface area (Å²) in [5, 5.41) is 3.50. The van der Waals surface area contributed by atoms with Crippen LogP contribution in [0.25, 0.3) is 0 Å². The van der Waals surface area contributed by atoms with Gasteiger partial charge in [0.25, 0.3) is 0 Å². The summed E-state index contributed by atoms with van der Waals surface area (Å²) in [4.78, 5) is 0. The third kappa shape index (κ3) is 3.05. The average molecular weight is 205 g/mol. The van der Waals surface area contributed by atoms with Crippen LogP contribution in [0.2, 0.25) is 0 Å². The van der Waals surface area contributed by atoms with Crippen molar-refractivity contribution >= 4 is 0 Å². The van der Waals surface area contributed by atoms with E-state index in [1.54, 1.807) is 0 Å². The van der Waals surface area contributed by atoms with E-state index in [-0.39, 0.29) is 0 Å². The van der Waals surface area contributed by atoms with E-state index in [0.29, 0.717) is 5.92 Å². The summed E-state index contributed by atoms with van der Waals surface area (Å²) in [6, 6.07) is 8.54. The van der Waals surface area contributed by atoms with Gasteiger partial charge in [-0.3, -0.25) is 0 Å². The molecule has 1 aliphatic heterocycles. The van der Waals surface area contributed by atoms with Gasteiger partial charge in [0.2, 0.25) is 0 Å². The highest BCUT2D eigenvalue weighted by molar-refractivity contribution is 5.25. The van der Waals surface area contributed by atoms with Gasteiger partial charge in [-0.05, 0) is 30.4 Å². The minimum absolute atomic E-state index is 0.717. The Morgan fingerprint density at radius 1 is 1.40 bits per heavy atom. The lowest BCUT2D eigenvalue weighted by atomic mass is 10.1. The lowest BCUT2D eigenvalue weighted by Gasteiger charge is -2.10. The molecule has 1 saturated heterocycles. The Morgan fingerprint density at radius 2 is 2.27 bits per heavy atom. The van der Waals surface area contributed by atoms with Crippen molar-refractivity contribution in [2.75, 3.05) is 19.8 Å². The number of nitrogens with one attached hydrogen (secondary N) is 1. The first-order chi connectivity index (χ1) is 7.36. The fraction of sp³-hybridized carbons (Fsp3) is 0.538. The van der Waals surface area contributed by atoms with Crippen LogP contribution >= 0.6 is 0 Å². The van der Waals surface area contributed by atoms with Gasteiger partial charge in [-0.15, -0.1) is 0 Å². The Balaban J connectivity index is 1.75. The number of hydrogen-bond acceptors (Lipinski definition) is 2. The Kier molecular flexibility index (Phi) is 3.75. The van der Waals surface area contributed by atoms with Crippen molar-refractivity contribution in [2.24, 2.45) is 5.92 Å². The predicted octanol–water partition coefficient (Wildman–Crippen LogP) is 2.12. The third-order valence-electron chi connectivity index (χ3n) is 3.03. The van der Waals surface area contributed by atoms with Gasteiger partial charge in [-0.25, -0.2) is 0 Å². The minimum Gasteiger partial charge on any atom is -0.381 e. The van der Waals surface area contributed by atoms with E-state index >= 15 is 0 Å². The monoisotopic (exact) mass is 205 g/mol. The van der Waals surface area contributed by atoms with E-state index in [1.807, 2.05) is 0 Å². The largest absolute Gasteiger partial charge is 0.381 e. The van der Waals surface area contributed by atoms with Crippen molar-refractivity contribution in [2.45, 2.75) is 19.9 Å². The molecule has 0 spiro atoms. The predicted molar refractivity (Wildman–Crippen MR) is 61.8 cm³/mol. The van der Waals surface area contributed by atoms with Crippen LogP contribution in [0.1, 0.15) is 17.5 Å². The van der Waals surface area contributed by atoms with E-state index in [2.05, 4.69) is 36.5 Å². The summed E-state index contributed by atoms with van der Waals surface area (Å²) in [5.74, 6) is 0.717. The Morgan fingerprint density at radius 3 is 3.00 bits per heavy atom. The molecule has 2 nitrogen and oxygen atoms in total. The molecule has 2 rings (SSSR count). The SMILES string of the molecule is Cc1ccccc1CNCC1CCOC1. The second kappa shape index (κ2) is 5.29. The van der Waals surface area contributed by atoms with Crippen LogP contribution in [0.3, 0.4) is 0 Å². The van der Waals surface area contributed by atoms with Crippen molar-refractivity contribution in [1.29, 1.82) is 0 Å². The molecule has 82 valence electrons. The normalized spacial score (nSPS) is 20.7. The van der Waals surface area contributed by atoms with Crippen LogP contribution in [0.15, 0.2) is 24.3 Å². The smallest absolute Gasteiger partial charge is 0.0507 e. The number of aryl methyl sites for hydroxylation is 1. The molecule has 1 N–H and O–H groups in total. The van der Waals surface area contributed by atoms with Crippen molar-refractivity contribution < 1.29 is 4.74 Å². The summed E-state index contributed by atoms with van der Waals surface area (Å²) in [5.41, 5.74) is 2.77.